The van der Waals surface area contributed by atoms with Crippen molar-refractivity contribution in [3.05, 3.63) is 42.0 Å². The van der Waals surface area contributed by atoms with E-state index in [4.69, 9.17) is 9.47 Å². The van der Waals surface area contributed by atoms with Crippen molar-refractivity contribution >= 4 is 11.8 Å². The Bertz CT molecular complexity index is 575. The minimum atomic E-state index is -0.972. The third-order valence-electron chi connectivity index (χ3n) is 3.64. The van der Waals surface area contributed by atoms with Crippen molar-refractivity contribution < 1.29 is 19.1 Å². The van der Waals surface area contributed by atoms with Crippen molar-refractivity contribution in [2.75, 3.05) is 6.61 Å². The van der Waals surface area contributed by atoms with Gasteiger partial charge in [-0.05, 0) is 19.1 Å². The number of fused-ring (bicyclic) bond motifs is 3. The molecule has 2 unspecified atom stereocenters. The van der Waals surface area contributed by atoms with Crippen LogP contribution < -0.4 is 4.74 Å². The smallest absolute Gasteiger partial charge is 0.324 e. The average molecular weight is 258 g/mol. The van der Waals surface area contributed by atoms with Gasteiger partial charge in [0, 0.05) is 12.0 Å². The summed E-state index contributed by atoms with van der Waals surface area (Å²) in [6.07, 6.45) is 2.79. The van der Waals surface area contributed by atoms with Gasteiger partial charge >= 0.3 is 5.97 Å². The Kier molecular flexibility index (Phi) is 2.66. The summed E-state index contributed by atoms with van der Waals surface area (Å²) in [7, 11) is 0. The molecule has 3 rings (SSSR count). The standard InChI is InChI=1S/C15H14O4/c1-2-18-14(17)15-8-7-10(16)9-13(15)19-12-6-4-3-5-11(12)15/h3-8,13H,2,9H2,1H3. The Hall–Kier alpha value is -2.10. The van der Waals surface area contributed by atoms with Crippen LogP contribution in [0.4, 0.5) is 0 Å². The molecule has 2 aliphatic rings. The highest BCUT2D eigenvalue weighted by Gasteiger charge is 2.56. The molecule has 0 radical (unpaired) electrons. The van der Waals surface area contributed by atoms with E-state index < -0.39 is 11.5 Å². The van der Waals surface area contributed by atoms with Crippen molar-refractivity contribution in [1.82, 2.24) is 0 Å². The number of hydrogen-bond acceptors (Lipinski definition) is 4. The Labute approximate surface area is 111 Å². The van der Waals surface area contributed by atoms with Gasteiger partial charge in [-0.3, -0.25) is 9.59 Å². The van der Waals surface area contributed by atoms with Gasteiger partial charge in [-0.15, -0.1) is 0 Å². The molecular weight excluding hydrogens is 244 g/mol. The van der Waals surface area contributed by atoms with E-state index in [1.165, 1.54) is 6.08 Å². The first kappa shape index (κ1) is 12.0. The molecule has 2 atom stereocenters. The summed E-state index contributed by atoms with van der Waals surface area (Å²) in [4.78, 5) is 24.0. The molecule has 4 heteroatoms. The summed E-state index contributed by atoms with van der Waals surface area (Å²) >= 11 is 0. The lowest BCUT2D eigenvalue weighted by Gasteiger charge is -2.31. The molecule has 1 aromatic rings. The van der Waals surface area contributed by atoms with E-state index in [-0.39, 0.29) is 18.2 Å². The van der Waals surface area contributed by atoms with Gasteiger partial charge in [0.05, 0.1) is 6.61 Å². The maximum absolute atomic E-state index is 12.4. The van der Waals surface area contributed by atoms with E-state index in [0.717, 1.165) is 5.56 Å². The van der Waals surface area contributed by atoms with Gasteiger partial charge in [0.15, 0.2) is 11.2 Å². The Morgan fingerprint density at radius 2 is 2.26 bits per heavy atom. The molecule has 4 nitrogen and oxygen atoms in total. The lowest BCUT2D eigenvalue weighted by Crippen LogP contribution is -2.47. The summed E-state index contributed by atoms with van der Waals surface area (Å²) in [5.74, 6) is 0.270. The van der Waals surface area contributed by atoms with Gasteiger partial charge in [0.1, 0.15) is 11.9 Å². The molecule has 0 bridgehead atoms. The fourth-order valence-electron chi connectivity index (χ4n) is 2.77. The van der Waals surface area contributed by atoms with Crippen LogP contribution in [0.2, 0.25) is 0 Å². The zero-order valence-electron chi connectivity index (χ0n) is 10.6. The van der Waals surface area contributed by atoms with Crippen LogP contribution in [0, 0.1) is 0 Å². The maximum Gasteiger partial charge on any atom is 0.324 e. The SMILES string of the molecule is CCOC(=O)C12C=CC(=O)CC1Oc1ccccc12. The first-order valence-corrected chi connectivity index (χ1v) is 6.34. The highest BCUT2D eigenvalue weighted by Crippen LogP contribution is 2.47. The van der Waals surface area contributed by atoms with E-state index in [1.54, 1.807) is 13.0 Å². The number of para-hydroxylation sites is 1. The second-order valence-electron chi connectivity index (χ2n) is 4.70. The zero-order valence-corrected chi connectivity index (χ0v) is 10.6. The number of ether oxygens (including phenoxy) is 2. The van der Waals surface area contributed by atoms with Crippen molar-refractivity contribution in [2.24, 2.45) is 0 Å². The number of carbonyl (C=O) groups excluding carboxylic acids is 2. The third-order valence-corrected chi connectivity index (χ3v) is 3.64. The minimum Gasteiger partial charge on any atom is -0.488 e. The molecule has 0 fully saturated rings. The first-order valence-electron chi connectivity index (χ1n) is 6.34. The normalized spacial score (nSPS) is 27.4. The number of carbonyl (C=O) groups is 2. The molecule has 98 valence electrons. The van der Waals surface area contributed by atoms with Gasteiger partial charge in [-0.1, -0.05) is 24.3 Å². The fourth-order valence-corrected chi connectivity index (χ4v) is 2.77. The third kappa shape index (κ3) is 1.59. The summed E-state index contributed by atoms with van der Waals surface area (Å²) in [6.45, 7) is 2.07. The lowest BCUT2D eigenvalue weighted by molar-refractivity contribution is -0.151. The summed E-state index contributed by atoms with van der Waals surface area (Å²) in [5, 5.41) is 0. The van der Waals surface area contributed by atoms with Gasteiger partial charge in [0.25, 0.3) is 0 Å². The minimum absolute atomic E-state index is 0.0299. The van der Waals surface area contributed by atoms with Crippen LogP contribution in [0.1, 0.15) is 18.9 Å². The maximum atomic E-state index is 12.4. The Morgan fingerprint density at radius 3 is 3.05 bits per heavy atom. The molecule has 0 saturated carbocycles. The predicted octanol–water partition coefficient (Wildman–Crippen LogP) is 1.78. The number of hydrogen-bond donors (Lipinski definition) is 0. The molecule has 0 spiro atoms. The monoisotopic (exact) mass is 258 g/mol. The van der Waals surface area contributed by atoms with Gasteiger partial charge in [0.2, 0.25) is 0 Å². The van der Waals surface area contributed by atoms with E-state index in [9.17, 15) is 9.59 Å². The topological polar surface area (TPSA) is 52.6 Å². The Balaban J connectivity index is 2.16. The molecule has 1 heterocycles. The van der Waals surface area contributed by atoms with Gasteiger partial charge in [-0.2, -0.15) is 0 Å². The molecule has 1 aromatic carbocycles. The quantitative estimate of drug-likeness (QED) is 0.759. The van der Waals surface area contributed by atoms with Crippen LogP contribution in [0.5, 0.6) is 5.75 Å². The number of allylic oxidation sites excluding steroid dienone is 1. The first-order chi connectivity index (χ1) is 9.18. The van der Waals surface area contributed by atoms with Crippen molar-refractivity contribution in [3.63, 3.8) is 0 Å². The van der Waals surface area contributed by atoms with Crippen molar-refractivity contribution in [1.29, 1.82) is 0 Å². The number of benzene rings is 1. The average Bonchev–Trinajstić information content (AvgIpc) is 2.73. The second-order valence-corrected chi connectivity index (χ2v) is 4.70. The zero-order chi connectivity index (χ0) is 13.5. The van der Waals surface area contributed by atoms with Crippen LogP contribution in [0.25, 0.3) is 0 Å². The summed E-state index contributed by atoms with van der Waals surface area (Å²) in [5.41, 5.74) is -0.192. The van der Waals surface area contributed by atoms with E-state index in [0.29, 0.717) is 12.4 Å². The van der Waals surface area contributed by atoms with Crippen LogP contribution in [0.15, 0.2) is 36.4 Å². The summed E-state index contributed by atoms with van der Waals surface area (Å²) in [6, 6.07) is 7.37. The second kappa shape index (κ2) is 4.23. The number of esters is 1. The molecule has 0 aromatic heterocycles. The van der Waals surface area contributed by atoms with E-state index >= 15 is 0 Å². The van der Waals surface area contributed by atoms with Crippen LogP contribution in [0.3, 0.4) is 0 Å². The molecule has 19 heavy (non-hydrogen) atoms. The highest BCUT2D eigenvalue weighted by molar-refractivity contribution is 5.98. The molecule has 0 amide bonds. The van der Waals surface area contributed by atoms with Crippen molar-refractivity contribution in [3.8, 4) is 5.75 Å². The van der Waals surface area contributed by atoms with Gasteiger partial charge in [-0.25, -0.2) is 0 Å². The molecule has 1 aliphatic heterocycles. The van der Waals surface area contributed by atoms with E-state index in [2.05, 4.69) is 0 Å². The van der Waals surface area contributed by atoms with Crippen LogP contribution in [-0.4, -0.2) is 24.5 Å². The number of ketones is 1. The molecule has 1 aliphatic carbocycles. The van der Waals surface area contributed by atoms with Crippen LogP contribution >= 0.6 is 0 Å². The molecule has 0 saturated heterocycles. The number of rotatable bonds is 2. The van der Waals surface area contributed by atoms with E-state index in [1.807, 2.05) is 24.3 Å². The highest BCUT2D eigenvalue weighted by atomic mass is 16.5. The molecule has 0 N–H and O–H groups in total. The Morgan fingerprint density at radius 1 is 1.47 bits per heavy atom. The van der Waals surface area contributed by atoms with Crippen LogP contribution in [-0.2, 0) is 19.7 Å². The van der Waals surface area contributed by atoms with Gasteiger partial charge < -0.3 is 9.47 Å². The molecular formula is C15H14O4. The largest absolute Gasteiger partial charge is 0.488 e. The summed E-state index contributed by atoms with van der Waals surface area (Å²) < 4.78 is 11.0. The lowest BCUT2D eigenvalue weighted by atomic mass is 9.72. The van der Waals surface area contributed by atoms with Crippen molar-refractivity contribution in [2.45, 2.75) is 24.9 Å². The predicted molar refractivity (Wildman–Crippen MR) is 67.9 cm³/mol. The fraction of sp³-hybridized carbons (Fsp3) is 0.333.